The summed E-state index contributed by atoms with van der Waals surface area (Å²) in [6.07, 6.45) is 0. The third-order valence-electron chi connectivity index (χ3n) is 2.80. The number of halogens is 3. The average molecular weight is 364 g/mol. The van der Waals surface area contributed by atoms with Crippen molar-refractivity contribution in [3.63, 3.8) is 0 Å². The molecule has 0 aliphatic carbocycles. The van der Waals surface area contributed by atoms with Crippen LogP contribution in [0, 0.1) is 6.92 Å². The van der Waals surface area contributed by atoms with E-state index in [9.17, 15) is 0 Å². The number of hydrogen-bond acceptors (Lipinski definition) is 2. The fourth-order valence-corrected chi connectivity index (χ4v) is 2.72. The molecule has 3 nitrogen and oxygen atoms in total. The standard InChI is InChI=1S/C13H13BrCl2N2O/c1-8-13(16)12(18(2)17-8)7-19-10-3-4-11(14)9(5-10)6-15/h3-5H,6-7H2,1-2H3. The summed E-state index contributed by atoms with van der Waals surface area (Å²) in [6, 6.07) is 5.72. The van der Waals surface area contributed by atoms with E-state index in [1.807, 2.05) is 32.2 Å². The summed E-state index contributed by atoms with van der Waals surface area (Å²) in [6.45, 7) is 2.25. The lowest BCUT2D eigenvalue weighted by molar-refractivity contribution is 0.294. The third kappa shape index (κ3) is 3.25. The van der Waals surface area contributed by atoms with Gasteiger partial charge in [-0.15, -0.1) is 11.6 Å². The molecule has 0 fully saturated rings. The molecule has 0 aliphatic heterocycles. The zero-order valence-electron chi connectivity index (χ0n) is 10.6. The Morgan fingerprint density at radius 3 is 2.74 bits per heavy atom. The van der Waals surface area contributed by atoms with E-state index in [1.54, 1.807) is 4.68 Å². The van der Waals surface area contributed by atoms with Crippen LogP contribution in [0.25, 0.3) is 0 Å². The number of aromatic nitrogens is 2. The highest BCUT2D eigenvalue weighted by Crippen LogP contribution is 2.26. The van der Waals surface area contributed by atoms with Crippen LogP contribution in [0.2, 0.25) is 5.02 Å². The molecule has 0 unspecified atom stereocenters. The fourth-order valence-electron chi connectivity index (χ4n) is 1.73. The smallest absolute Gasteiger partial charge is 0.131 e. The van der Waals surface area contributed by atoms with E-state index >= 15 is 0 Å². The highest BCUT2D eigenvalue weighted by atomic mass is 79.9. The number of benzene rings is 1. The van der Waals surface area contributed by atoms with Crippen molar-refractivity contribution in [3.05, 3.63) is 44.6 Å². The molecule has 2 rings (SSSR count). The van der Waals surface area contributed by atoms with Crippen molar-refractivity contribution in [2.75, 3.05) is 0 Å². The molecule has 0 radical (unpaired) electrons. The molecule has 2 aromatic rings. The SMILES string of the molecule is Cc1nn(C)c(COc2ccc(Br)c(CCl)c2)c1Cl. The summed E-state index contributed by atoms with van der Waals surface area (Å²) in [4.78, 5) is 0. The summed E-state index contributed by atoms with van der Waals surface area (Å²) in [5.74, 6) is 1.19. The van der Waals surface area contributed by atoms with Gasteiger partial charge in [-0.25, -0.2) is 0 Å². The van der Waals surface area contributed by atoms with Gasteiger partial charge in [0.25, 0.3) is 0 Å². The highest BCUT2D eigenvalue weighted by Gasteiger charge is 2.11. The number of aryl methyl sites for hydroxylation is 2. The van der Waals surface area contributed by atoms with Crippen LogP contribution in [0.3, 0.4) is 0 Å². The molecule has 0 spiro atoms. The molecule has 0 N–H and O–H groups in total. The van der Waals surface area contributed by atoms with Gasteiger partial charge in [-0.2, -0.15) is 5.10 Å². The van der Waals surface area contributed by atoms with E-state index < -0.39 is 0 Å². The Morgan fingerprint density at radius 2 is 2.16 bits per heavy atom. The lowest BCUT2D eigenvalue weighted by Gasteiger charge is -2.09. The number of ether oxygens (including phenoxy) is 1. The molecule has 0 saturated heterocycles. The van der Waals surface area contributed by atoms with Crippen molar-refractivity contribution >= 4 is 39.1 Å². The quantitative estimate of drug-likeness (QED) is 0.749. The van der Waals surface area contributed by atoms with Crippen molar-refractivity contribution in [2.24, 2.45) is 7.05 Å². The van der Waals surface area contributed by atoms with Gasteiger partial charge in [-0.3, -0.25) is 4.68 Å². The number of hydrogen-bond donors (Lipinski definition) is 0. The van der Waals surface area contributed by atoms with Crippen LogP contribution in [0.1, 0.15) is 17.0 Å². The van der Waals surface area contributed by atoms with Gasteiger partial charge in [0.05, 0.1) is 16.4 Å². The zero-order chi connectivity index (χ0) is 14.0. The number of nitrogens with zero attached hydrogens (tertiary/aromatic N) is 2. The van der Waals surface area contributed by atoms with E-state index in [0.717, 1.165) is 27.2 Å². The first kappa shape index (κ1) is 14.7. The van der Waals surface area contributed by atoms with Crippen molar-refractivity contribution in [2.45, 2.75) is 19.4 Å². The number of alkyl halides is 1. The van der Waals surface area contributed by atoms with Gasteiger partial charge in [0.2, 0.25) is 0 Å². The van der Waals surface area contributed by atoms with Crippen LogP contribution in [0.4, 0.5) is 0 Å². The lowest BCUT2D eigenvalue weighted by Crippen LogP contribution is -2.03. The third-order valence-corrected chi connectivity index (χ3v) is 4.35. The van der Waals surface area contributed by atoms with E-state index in [1.165, 1.54) is 0 Å². The molecular weight excluding hydrogens is 351 g/mol. The predicted octanol–water partition coefficient (Wildman–Crippen LogP) is 4.46. The zero-order valence-corrected chi connectivity index (χ0v) is 13.7. The molecule has 0 saturated carbocycles. The van der Waals surface area contributed by atoms with Gasteiger partial charge in [-0.1, -0.05) is 27.5 Å². The van der Waals surface area contributed by atoms with Gasteiger partial charge < -0.3 is 4.74 Å². The largest absolute Gasteiger partial charge is 0.487 e. The van der Waals surface area contributed by atoms with Crippen molar-refractivity contribution in [1.29, 1.82) is 0 Å². The molecule has 0 amide bonds. The minimum absolute atomic E-state index is 0.375. The monoisotopic (exact) mass is 362 g/mol. The first-order valence-electron chi connectivity index (χ1n) is 5.68. The second kappa shape index (κ2) is 6.16. The van der Waals surface area contributed by atoms with Crippen LogP contribution in [-0.4, -0.2) is 9.78 Å². The first-order chi connectivity index (χ1) is 9.02. The summed E-state index contributed by atoms with van der Waals surface area (Å²) in [5, 5.41) is 4.90. The second-order valence-corrected chi connectivity index (χ2v) is 5.64. The molecule has 102 valence electrons. The Morgan fingerprint density at radius 1 is 1.42 bits per heavy atom. The van der Waals surface area contributed by atoms with Crippen molar-refractivity contribution in [1.82, 2.24) is 9.78 Å². The summed E-state index contributed by atoms with van der Waals surface area (Å²) >= 11 is 15.5. The molecule has 1 heterocycles. The Hall–Kier alpha value is -0.710. The van der Waals surface area contributed by atoms with E-state index in [4.69, 9.17) is 27.9 Å². The van der Waals surface area contributed by atoms with Crippen molar-refractivity contribution < 1.29 is 4.74 Å². The van der Waals surface area contributed by atoms with Gasteiger partial charge in [0.15, 0.2) is 0 Å². The lowest BCUT2D eigenvalue weighted by atomic mass is 10.2. The molecular formula is C13H13BrCl2N2O. The highest BCUT2D eigenvalue weighted by molar-refractivity contribution is 9.10. The fraction of sp³-hybridized carbons (Fsp3) is 0.308. The average Bonchev–Trinajstić information content (AvgIpc) is 2.63. The number of rotatable bonds is 4. The Balaban J connectivity index is 2.14. The summed E-state index contributed by atoms with van der Waals surface area (Å²) in [7, 11) is 1.85. The van der Waals surface area contributed by atoms with Gasteiger partial charge >= 0.3 is 0 Å². The molecule has 1 aromatic carbocycles. The predicted molar refractivity (Wildman–Crippen MR) is 81.0 cm³/mol. The first-order valence-corrected chi connectivity index (χ1v) is 7.38. The molecule has 19 heavy (non-hydrogen) atoms. The Bertz CT molecular complexity index is 599. The molecule has 0 bridgehead atoms. The van der Waals surface area contributed by atoms with E-state index in [2.05, 4.69) is 21.0 Å². The maximum Gasteiger partial charge on any atom is 0.131 e. The minimum Gasteiger partial charge on any atom is -0.487 e. The summed E-state index contributed by atoms with van der Waals surface area (Å²) < 4.78 is 8.45. The Labute approximate surface area is 130 Å². The van der Waals surface area contributed by atoms with Crippen LogP contribution < -0.4 is 4.74 Å². The minimum atomic E-state index is 0.375. The van der Waals surface area contributed by atoms with Crippen molar-refractivity contribution in [3.8, 4) is 5.75 Å². The molecule has 0 aliphatic rings. The van der Waals surface area contributed by atoms with Crippen LogP contribution >= 0.6 is 39.1 Å². The second-order valence-electron chi connectivity index (χ2n) is 4.15. The van der Waals surface area contributed by atoms with Gasteiger partial charge in [-0.05, 0) is 30.7 Å². The van der Waals surface area contributed by atoms with Gasteiger partial charge in [0, 0.05) is 17.4 Å². The van der Waals surface area contributed by atoms with Gasteiger partial charge in [0.1, 0.15) is 12.4 Å². The van der Waals surface area contributed by atoms with E-state index in [-0.39, 0.29) is 0 Å². The maximum atomic E-state index is 6.17. The van der Waals surface area contributed by atoms with Crippen LogP contribution in [-0.2, 0) is 19.5 Å². The molecule has 1 aromatic heterocycles. The van der Waals surface area contributed by atoms with Crippen LogP contribution in [0.15, 0.2) is 22.7 Å². The maximum absolute atomic E-state index is 6.17. The topological polar surface area (TPSA) is 27.1 Å². The normalized spacial score (nSPS) is 10.8. The summed E-state index contributed by atoms with van der Waals surface area (Å²) in [5.41, 5.74) is 2.65. The Kier molecular flexibility index (Phi) is 4.76. The van der Waals surface area contributed by atoms with E-state index in [0.29, 0.717) is 17.5 Å². The van der Waals surface area contributed by atoms with Crippen LogP contribution in [0.5, 0.6) is 5.75 Å². The molecule has 0 atom stereocenters. The molecule has 6 heteroatoms.